The van der Waals surface area contributed by atoms with Gasteiger partial charge in [0.05, 0.1) is 25.0 Å². The molecule has 2 aromatic carbocycles. The minimum atomic E-state index is -4.68. The maximum Gasteiger partial charge on any atom is 0.449 e. The molecule has 1 amide bonds. The molecule has 1 aliphatic heterocycles. The number of carbonyl (C=O) groups is 1. The summed E-state index contributed by atoms with van der Waals surface area (Å²) in [6.07, 6.45) is -4.56. The smallest absolute Gasteiger partial charge is 0.449 e. The first-order chi connectivity index (χ1) is 16.6. The lowest BCUT2D eigenvalue weighted by molar-refractivity contribution is -0.148. The summed E-state index contributed by atoms with van der Waals surface area (Å²) in [5, 5.41) is 0. The van der Waals surface area contributed by atoms with Crippen molar-refractivity contribution in [2.75, 3.05) is 13.7 Å². The fourth-order valence-electron chi connectivity index (χ4n) is 4.20. The summed E-state index contributed by atoms with van der Waals surface area (Å²) in [4.78, 5) is 18.1. The number of amides is 1. The molecule has 3 aromatic rings. The van der Waals surface area contributed by atoms with Gasteiger partial charge in [0.25, 0.3) is 0 Å². The van der Waals surface area contributed by atoms with E-state index in [9.17, 15) is 31.1 Å². The van der Waals surface area contributed by atoms with E-state index in [-0.39, 0.29) is 74.2 Å². The Morgan fingerprint density at radius 3 is 2.44 bits per heavy atom. The standard InChI is InChI=1S/C24H21F6N3O2.ClH/c1-35-20-7-3-2-6-15(20)22-19-13-32(9-10-33(19)23(31-22)24(28,29)30)21(34)8-4-5-14-11-17(26)18(27)12-16(14)25;/h2-3,6-7,11-12H,4-5,8-10,13H2,1H3;1H. The zero-order chi connectivity index (χ0) is 25.3. The quantitative estimate of drug-likeness (QED) is 0.298. The van der Waals surface area contributed by atoms with Gasteiger partial charge in [0, 0.05) is 31.1 Å². The van der Waals surface area contributed by atoms with Crippen LogP contribution in [0.25, 0.3) is 11.3 Å². The van der Waals surface area contributed by atoms with E-state index in [1.54, 1.807) is 24.3 Å². The summed E-state index contributed by atoms with van der Waals surface area (Å²) in [6, 6.07) is 7.75. The summed E-state index contributed by atoms with van der Waals surface area (Å²) in [5.41, 5.74) is 0.628. The molecular formula is C24H22ClF6N3O2. The fourth-order valence-corrected chi connectivity index (χ4v) is 4.20. The summed E-state index contributed by atoms with van der Waals surface area (Å²) >= 11 is 0. The maximum atomic E-state index is 13.8. The highest BCUT2D eigenvalue weighted by atomic mass is 35.5. The highest BCUT2D eigenvalue weighted by molar-refractivity contribution is 5.85. The van der Waals surface area contributed by atoms with Gasteiger partial charge >= 0.3 is 6.18 Å². The number of nitrogens with zero attached hydrogens (tertiary/aromatic N) is 3. The number of ether oxygens (including phenoxy) is 1. The molecule has 0 unspecified atom stereocenters. The summed E-state index contributed by atoms with van der Waals surface area (Å²) in [5.74, 6) is -4.43. The van der Waals surface area contributed by atoms with E-state index in [1.165, 1.54) is 12.0 Å². The molecule has 0 N–H and O–H groups in total. The Morgan fingerprint density at radius 1 is 1.06 bits per heavy atom. The number of alkyl halides is 3. The first-order valence-corrected chi connectivity index (χ1v) is 10.8. The third-order valence-corrected chi connectivity index (χ3v) is 5.90. The van der Waals surface area contributed by atoms with Crippen molar-refractivity contribution in [3.8, 4) is 17.0 Å². The normalized spacial score (nSPS) is 13.2. The third-order valence-electron chi connectivity index (χ3n) is 5.90. The van der Waals surface area contributed by atoms with Crippen molar-refractivity contribution in [3.05, 3.63) is 70.9 Å². The summed E-state index contributed by atoms with van der Waals surface area (Å²) in [7, 11) is 1.40. The number of hydrogen-bond donors (Lipinski definition) is 0. The minimum Gasteiger partial charge on any atom is -0.496 e. The zero-order valence-electron chi connectivity index (χ0n) is 19.0. The molecule has 1 aliphatic rings. The summed E-state index contributed by atoms with van der Waals surface area (Å²) in [6.45, 7) is -0.166. The van der Waals surface area contributed by atoms with Gasteiger partial charge in [-0.15, -0.1) is 12.4 Å². The topological polar surface area (TPSA) is 47.4 Å². The molecule has 1 aromatic heterocycles. The van der Waals surface area contributed by atoms with E-state index in [0.717, 1.165) is 10.6 Å². The molecule has 0 saturated heterocycles. The lowest BCUT2D eigenvalue weighted by Crippen LogP contribution is -2.39. The van der Waals surface area contributed by atoms with Crippen molar-refractivity contribution in [1.82, 2.24) is 14.5 Å². The van der Waals surface area contributed by atoms with Crippen LogP contribution in [0.15, 0.2) is 36.4 Å². The molecule has 0 aliphatic carbocycles. The van der Waals surface area contributed by atoms with Crippen LogP contribution >= 0.6 is 12.4 Å². The van der Waals surface area contributed by atoms with Gasteiger partial charge in [-0.3, -0.25) is 4.79 Å². The third kappa shape index (κ3) is 5.45. The van der Waals surface area contributed by atoms with Gasteiger partial charge < -0.3 is 14.2 Å². The molecule has 12 heteroatoms. The number of aryl methyl sites for hydroxylation is 1. The predicted octanol–water partition coefficient (Wildman–Crippen LogP) is 5.78. The molecule has 0 saturated carbocycles. The van der Waals surface area contributed by atoms with E-state index in [0.29, 0.717) is 17.4 Å². The SMILES string of the molecule is COc1ccccc1-c1nc(C(F)(F)F)n2c1CN(C(=O)CCCc1cc(F)c(F)cc1F)CC2.Cl. The molecule has 194 valence electrons. The molecule has 5 nitrogen and oxygen atoms in total. The number of halogens is 7. The van der Waals surface area contributed by atoms with Gasteiger partial charge in [0.15, 0.2) is 11.6 Å². The number of rotatable bonds is 6. The van der Waals surface area contributed by atoms with Crippen LogP contribution in [0, 0.1) is 17.5 Å². The van der Waals surface area contributed by atoms with Gasteiger partial charge in [0.2, 0.25) is 11.7 Å². The van der Waals surface area contributed by atoms with Crippen molar-refractivity contribution in [3.63, 3.8) is 0 Å². The van der Waals surface area contributed by atoms with Crippen LogP contribution in [-0.4, -0.2) is 34.0 Å². The molecular weight excluding hydrogens is 512 g/mol. The number of methoxy groups -OCH3 is 1. The number of aromatic nitrogens is 2. The van der Waals surface area contributed by atoms with E-state index in [4.69, 9.17) is 4.74 Å². The largest absolute Gasteiger partial charge is 0.496 e. The molecule has 0 bridgehead atoms. The van der Waals surface area contributed by atoms with E-state index < -0.39 is 29.5 Å². The molecule has 2 heterocycles. The Bertz CT molecular complexity index is 1260. The van der Waals surface area contributed by atoms with E-state index >= 15 is 0 Å². The van der Waals surface area contributed by atoms with Gasteiger partial charge in [-0.05, 0) is 36.6 Å². The molecule has 0 spiro atoms. The first kappa shape index (κ1) is 27.4. The Morgan fingerprint density at radius 2 is 1.75 bits per heavy atom. The highest BCUT2D eigenvalue weighted by Crippen LogP contribution is 2.38. The molecule has 0 radical (unpaired) electrons. The first-order valence-electron chi connectivity index (χ1n) is 10.8. The maximum absolute atomic E-state index is 13.8. The molecule has 4 rings (SSSR count). The zero-order valence-corrected chi connectivity index (χ0v) is 19.9. The van der Waals surface area contributed by atoms with Gasteiger partial charge in [0.1, 0.15) is 11.6 Å². The molecule has 0 fully saturated rings. The monoisotopic (exact) mass is 533 g/mol. The van der Waals surface area contributed by atoms with Crippen LogP contribution in [0.3, 0.4) is 0 Å². The second kappa shape index (κ2) is 10.8. The van der Waals surface area contributed by atoms with Crippen LogP contribution in [0.1, 0.15) is 29.9 Å². The van der Waals surface area contributed by atoms with Crippen LogP contribution < -0.4 is 4.74 Å². The van der Waals surface area contributed by atoms with Crippen LogP contribution in [0.4, 0.5) is 26.3 Å². The average molecular weight is 534 g/mol. The second-order valence-corrected chi connectivity index (χ2v) is 8.11. The number of fused-ring (bicyclic) bond motifs is 1. The number of hydrogen-bond acceptors (Lipinski definition) is 3. The summed E-state index contributed by atoms with van der Waals surface area (Å²) < 4.78 is 87.7. The van der Waals surface area contributed by atoms with Crippen LogP contribution in [0.2, 0.25) is 0 Å². The van der Waals surface area contributed by atoms with Crippen molar-refractivity contribution < 1.29 is 35.9 Å². The predicted molar refractivity (Wildman–Crippen MR) is 121 cm³/mol. The number of para-hydroxylation sites is 1. The Balaban J connectivity index is 0.00000361. The lowest BCUT2D eigenvalue weighted by atomic mass is 10.1. The van der Waals surface area contributed by atoms with Crippen molar-refractivity contribution >= 4 is 18.3 Å². The van der Waals surface area contributed by atoms with Gasteiger partial charge in [-0.1, -0.05) is 12.1 Å². The molecule has 36 heavy (non-hydrogen) atoms. The van der Waals surface area contributed by atoms with Crippen LogP contribution in [-0.2, 0) is 30.5 Å². The van der Waals surface area contributed by atoms with E-state index in [1.807, 2.05) is 0 Å². The average Bonchev–Trinajstić information content (AvgIpc) is 3.21. The second-order valence-electron chi connectivity index (χ2n) is 8.11. The van der Waals surface area contributed by atoms with Crippen LogP contribution in [0.5, 0.6) is 5.75 Å². The fraction of sp³-hybridized carbons (Fsp3) is 0.333. The Hall–Kier alpha value is -3.21. The Labute approximate surface area is 209 Å². The van der Waals surface area contributed by atoms with Crippen molar-refractivity contribution in [2.24, 2.45) is 0 Å². The Kier molecular flexibility index (Phi) is 8.22. The minimum absolute atomic E-state index is 0. The van der Waals surface area contributed by atoms with Crippen molar-refractivity contribution in [2.45, 2.75) is 38.5 Å². The number of benzene rings is 2. The van der Waals surface area contributed by atoms with Gasteiger partial charge in [-0.25, -0.2) is 18.2 Å². The molecule has 0 atom stereocenters. The van der Waals surface area contributed by atoms with Gasteiger partial charge in [-0.2, -0.15) is 13.2 Å². The highest BCUT2D eigenvalue weighted by Gasteiger charge is 2.41. The van der Waals surface area contributed by atoms with E-state index in [2.05, 4.69) is 4.98 Å². The van der Waals surface area contributed by atoms with Crippen molar-refractivity contribution in [1.29, 1.82) is 0 Å². The number of carbonyl (C=O) groups excluding carboxylic acids is 1. The lowest BCUT2D eigenvalue weighted by Gasteiger charge is -2.30. The number of imidazole rings is 1.